The molecule has 0 spiro atoms. The van der Waals surface area contributed by atoms with E-state index >= 15 is 0 Å². The van der Waals surface area contributed by atoms with E-state index in [-0.39, 0.29) is 5.41 Å². The minimum atomic E-state index is -0.704. The largest absolute Gasteiger partial charge is 0.542 e. The lowest BCUT2D eigenvalue weighted by molar-refractivity contribution is 0.181. The molecule has 0 radical (unpaired) electrons. The zero-order valence-electron chi connectivity index (χ0n) is 9.28. The van der Waals surface area contributed by atoms with Crippen molar-refractivity contribution in [1.29, 1.82) is 0 Å². The molecule has 0 aliphatic heterocycles. The molecule has 15 heavy (non-hydrogen) atoms. The Bertz CT molecular complexity index is 373. The fraction of sp³-hybridized carbons (Fsp3) is 0.818. The highest BCUT2D eigenvalue weighted by Crippen LogP contribution is 2.38. The molecule has 2 rings (SSSR count). The van der Waals surface area contributed by atoms with Gasteiger partial charge in [-0.1, -0.05) is 33.1 Å². The maximum absolute atomic E-state index is 10.7. The molecule has 1 aliphatic carbocycles. The smallest absolute Gasteiger partial charge is 0.375 e. The summed E-state index contributed by atoms with van der Waals surface area (Å²) in [5.41, 5.74) is 0.137. The first-order valence-corrected chi connectivity index (χ1v) is 5.51. The molecule has 0 saturated heterocycles. The Morgan fingerprint density at radius 1 is 1.47 bits per heavy atom. The van der Waals surface area contributed by atoms with Gasteiger partial charge in [-0.3, -0.25) is 4.52 Å². The van der Waals surface area contributed by atoms with Gasteiger partial charge in [0.1, 0.15) is 0 Å². The summed E-state index contributed by atoms with van der Waals surface area (Å²) in [5, 5.41) is 3.60. The van der Waals surface area contributed by atoms with Gasteiger partial charge in [0.2, 0.25) is 5.89 Å². The molecule has 1 aromatic rings. The predicted octanol–water partition coefficient (Wildman–Crippen LogP) is 2.39. The summed E-state index contributed by atoms with van der Waals surface area (Å²) in [7, 11) is 0. The van der Waals surface area contributed by atoms with Crippen LogP contribution in [0, 0.1) is 11.3 Å². The molecule has 1 heterocycles. The van der Waals surface area contributed by atoms with Crippen molar-refractivity contribution >= 4 is 0 Å². The molecular weight excluding hydrogens is 194 g/mol. The Kier molecular flexibility index (Phi) is 2.67. The summed E-state index contributed by atoms with van der Waals surface area (Å²) in [6, 6.07) is 0. The van der Waals surface area contributed by atoms with Crippen molar-refractivity contribution in [1.82, 2.24) is 5.16 Å². The van der Waals surface area contributed by atoms with E-state index in [0.717, 1.165) is 5.92 Å². The van der Waals surface area contributed by atoms with E-state index in [4.69, 9.17) is 4.42 Å². The molecule has 0 N–H and O–H groups in total. The SMILES string of the molecule is CC(C)(Cc1noc(=O)o1)CC1CCC1. The lowest BCUT2D eigenvalue weighted by Gasteiger charge is -2.33. The number of nitrogens with zero attached hydrogens (tertiary/aromatic N) is 1. The van der Waals surface area contributed by atoms with Crippen LogP contribution in [0.15, 0.2) is 13.7 Å². The maximum atomic E-state index is 10.7. The average molecular weight is 211 g/mol. The molecule has 1 aromatic heterocycles. The number of hydrogen-bond donors (Lipinski definition) is 0. The summed E-state index contributed by atoms with van der Waals surface area (Å²) in [6.45, 7) is 4.36. The Balaban J connectivity index is 1.93. The molecule has 0 amide bonds. The highest BCUT2D eigenvalue weighted by atomic mass is 16.6. The lowest BCUT2D eigenvalue weighted by atomic mass is 9.72. The van der Waals surface area contributed by atoms with Gasteiger partial charge in [0.15, 0.2) is 0 Å². The average Bonchev–Trinajstić information content (AvgIpc) is 2.43. The van der Waals surface area contributed by atoms with Crippen LogP contribution in [-0.4, -0.2) is 5.16 Å². The molecule has 4 heteroatoms. The second kappa shape index (κ2) is 3.83. The minimum Gasteiger partial charge on any atom is -0.375 e. The third-order valence-electron chi connectivity index (χ3n) is 3.12. The van der Waals surface area contributed by atoms with E-state index < -0.39 is 5.82 Å². The van der Waals surface area contributed by atoms with Gasteiger partial charge in [0, 0.05) is 6.42 Å². The molecule has 1 saturated carbocycles. The van der Waals surface area contributed by atoms with Gasteiger partial charge in [-0.05, 0) is 22.9 Å². The van der Waals surface area contributed by atoms with Crippen molar-refractivity contribution in [3.8, 4) is 0 Å². The molecule has 84 valence electrons. The Morgan fingerprint density at radius 2 is 2.20 bits per heavy atom. The number of rotatable bonds is 4. The monoisotopic (exact) mass is 211 g/mol. The fourth-order valence-electron chi connectivity index (χ4n) is 2.25. The summed E-state index contributed by atoms with van der Waals surface area (Å²) >= 11 is 0. The van der Waals surface area contributed by atoms with E-state index in [0.29, 0.717) is 12.3 Å². The zero-order chi connectivity index (χ0) is 10.9. The number of aromatic nitrogens is 1. The fourth-order valence-corrected chi connectivity index (χ4v) is 2.25. The third-order valence-corrected chi connectivity index (χ3v) is 3.12. The van der Waals surface area contributed by atoms with E-state index in [2.05, 4.69) is 23.5 Å². The van der Waals surface area contributed by atoms with E-state index in [1.54, 1.807) is 0 Å². The van der Waals surface area contributed by atoms with Crippen LogP contribution in [0.3, 0.4) is 0 Å². The van der Waals surface area contributed by atoms with Gasteiger partial charge >= 0.3 is 5.82 Å². The van der Waals surface area contributed by atoms with Crippen molar-refractivity contribution in [2.75, 3.05) is 0 Å². The molecule has 0 atom stereocenters. The molecule has 1 aliphatic rings. The lowest BCUT2D eigenvalue weighted by Crippen LogP contribution is -2.23. The summed E-state index contributed by atoms with van der Waals surface area (Å²) in [6.07, 6.45) is 5.89. The van der Waals surface area contributed by atoms with Gasteiger partial charge in [-0.15, -0.1) is 0 Å². The van der Waals surface area contributed by atoms with Crippen LogP contribution < -0.4 is 5.82 Å². The first-order valence-electron chi connectivity index (χ1n) is 5.51. The first-order chi connectivity index (χ1) is 7.05. The van der Waals surface area contributed by atoms with Gasteiger partial charge in [0.25, 0.3) is 0 Å². The topological polar surface area (TPSA) is 56.2 Å². The highest BCUT2D eigenvalue weighted by Gasteiger charge is 2.29. The molecule has 0 unspecified atom stereocenters. The van der Waals surface area contributed by atoms with Crippen LogP contribution in [0.4, 0.5) is 0 Å². The summed E-state index contributed by atoms with van der Waals surface area (Å²) in [5.74, 6) is 0.562. The first kappa shape index (κ1) is 10.5. The van der Waals surface area contributed by atoms with Crippen LogP contribution in [0.5, 0.6) is 0 Å². The second-order valence-corrected chi connectivity index (χ2v) is 5.27. The Hall–Kier alpha value is -1.06. The van der Waals surface area contributed by atoms with Gasteiger partial charge in [0.05, 0.1) is 0 Å². The van der Waals surface area contributed by atoms with E-state index in [1.807, 2.05) is 0 Å². The molecular formula is C11H17NO3. The Morgan fingerprint density at radius 3 is 2.67 bits per heavy atom. The molecule has 0 bridgehead atoms. The van der Waals surface area contributed by atoms with Crippen molar-refractivity contribution in [2.45, 2.75) is 46.0 Å². The molecule has 4 nitrogen and oxygen atoms in total. The van der Waals surface area contributed by atoms with Crippen LogP contribution in [-0.2, 0) is 6.42 Å². The zero-order valence-corrected chi connectivity index (χ0v) is 9.28. The Labute approximate surface area is 88.6 Å². The van der Waals surface area contributed by atoms with Gasteiger partial charge < -0.3 is 4.42 Å². The highest BCUT2D eigenvalue weighted by molar-refractivity contribution is 4.86. The molecule has 0 aromatic carbocycles. The predicted molar refractivity (Wildman–Crippen MR) is 54.5 cm³/mol. The van der Waals surface area contributed by atoms with Crippen LogP contribution >= 0.6 is 0 Å². The van der Waals surface area contributed by atoms with Crippen LogP contribution in [0.1, 0.15) is 45.4 Å². The quantitative estimate of drug-likeness (QED) is 0.767. The minimum absolute atomic E-state index is 0.137. The maximum Gasteiger partial charge on any atom is 0.542 e. The number of hydrogen-bond acceptors (Lipinski definition) is 4. The van der Waals surface area contributed by atoms with Crippen molar-refractivity contribution < 1.29 is 8.94 Å². The van der Waals surface area contributed by atoms with E-state index in [9.17, 15) is 4.79 Å². The third kappa shape index (κ3) is 2.70. The standard InChI is InChI=1S/C11H17NO3/c1-11(2,6-8-4-3-5-8)7-9-12-15-10(13)14-9/h8H,3-7H2,1-2H3. The van der Waals surface area contributed by atoms with Crippen LogP contribution in [0.2, 0.25) is 0 Å². The second-order valence-electron chi connectivity index (χ2n) is 5.27. The van der Waals surface area contributed by atoms with E-state index in [1.165, 1.54) is 25.7 Å². The normalized spacial score (nSPS) is 17.7. The molecule has 1 fully saturated rings. The van der Waals surface area contributed by atoms with Crippen molar-refractivity contribution in [2.24, 2.45) is 11.3 Å². The van der Waals surface area contributed by atoms with Crippen LogP contribution in [0.25, 0.3) is 0 Å². The van der Waals surface area contributed by atoms with Gasteiger partial charge in [-0.25, -0.2) is 4.79 Å². The summed E-state index contributed by atoms with van der Waals surface area (Å²) in [4.78, 5) is 10.7. The van der Waals surface area contributed by atoms with Crippen molar-refractivity contribution in [3.63, 3.8) is 0 Å². The van der Waals surface area contributed by atoms with Crippen molar-refractivity contribution in [3.05, 3.63) is 16.5 Å². The summed E-state index contributed by atoms with van der Waals surface area (Å²) < 4.78 is 9.20. The van der Waals surface area contributed by atoms with Gasteiger partial charge in [-0.2, -0.15) is 0 Å².